The predicted octanol–water partition coefficient (Wildman–Crippen LogP) is 2.91. The van der Waals surface area contributed by atoms with Gasteiger partial charge in [-0.3, -0.25) is 0 Å². The van der Waals surface area contributed by atoms with Crippen LogP contribution in [-0.4, -0.2) is 28.6 Å². The Morgan fingerprint density at radius 1 is 1.40 bits per heavy atom. The molecule has 0 bridgehead atoms. The normalized spacial score (nSPS) is 20.2. The number of hydrogen-bond donors (Lipinski definition) is 1. The first-order chi connectivity index (χ1) is 9.35. The van der Waals surface area contributed by atoms with Gasteiger partial charge in [-0.05, 0) is 46.5 Å². The zero-order chi connectivity index (χ0) is 14.8. The Hall–Kier alpha value is -1.16. The third kappa shape index (κ3) is 4.17. The van der Waals surface area contributed by atoms with Crippen LogP contribution in [0.2, 0.25) is 0 Å². The monoisotopic (exact) mass is 276 g/mol. The van der Waals surface area contributed by atoms with Crippen LogP contribution in [-0.2, 0) is 6.54 Å². The predicted molar refractivity (Wildman–Crippen MR) is 84.0 cm³/mol. The second kappa shape index (κ2) is 6.08. The Morgan fingerprint density at radius 2 is 2.15 bits per heavy atom. The molecule has 1 unspecified atom stereocenters. The molecule has 1 fully saturated rings. The van der Waals surface area contributed by atoms with E-state index >= 15 is 0 Å². The summed E-state index contributed by atoms with van der Waals surface area (Å²) in [5, 5.41) is 3.49. The first-order valence-corrected chi connectivity index (χ1v) is 7.67. The molecule has 4 heteroatoms. The molecular formula is C16H28N4. The molecule has 20 heavy (non-hydrogen) atoms. The molecule has 1 aliphatic heterocycles. The molecule has 0 spiro atoms. The highest BCUT2D eigenvalue weighted by Gasteiger charge is 2.19. The molecule has 0 saturated carbocycles. The fourth-order valence-corrected chi connectivity index (χ4v) is 2.54. The van der Waals surface area contributed by atoms with E-state index < -0.39 is 0 Å². The molecule has 2 rings (SSSR count). The molecule has 1 saturated heterocycles. The maximum Gasteiger partial charge on any atom is 0.225 e. The van der Waals surface area contributed by atoms with Gasteiger partial charge in [-0.2, -0.15) is 0 Å². The lowest BCUT2D eigenvalue weighted by Gasteiger charge is -2.31. The molecule has 0 aliphatic carbocycles. The largest absolute Gasteiger partial charge is 0.341 e. The first-order valence-electron chi connectivity index (χ1n) is 7.67. The van der Waals surface area contributed by atoms with Crippen LogP contribution in [0.25, 0.3) is 0 Å². The molecule has 0 amide bonds. The van der Waals surface area contributed by atoms with Crippen molar-refractivity contribution in [2.45, 2.75) is 59.5 Å². The molecule has 1 atom stereocenters. The maximum absolute atomic E-state index is 4.71. The summed E-state index contributed by atoms with van der Waals surface area (Å²) in [5.74, 6) is 1.64. The zero-order valence-electron chi connectivity index (χ0n) is 13.5. The number of aromatic nitrogens is 2. The number of aryl methyl sites for hydroxylation is 1. The minimum absolute atomic E-state index is 0.118. The quantitative estimate of drug-likeness (QED) is 0.921. The molecule has 1 aromatic rings. The van der Waals surface area contributed by atoms with E-state index in [9.17, 15) is 0 Å². The Kier molecular flexibility index (Phi) is 4.63. The van der Waals surface area contributed by atoms with E-state index in [1.165, 1.54) is 18.4 Å². The minimum Gasteiger partial charge on any atom is -0.341 e. The van der Waals surface area contributed by atoms with Gasteiger partial charge in [-0.15, -0.1) is 0 Å². The van der Waals surface area contributed by atoms with Gasteiger partial charge in [0.05, 0.1) is 0 Å². The molecule has 112 valence electrons. The molecule has 2 heterocycles. The van der Waals surface area contributed by atoms with Gasteiger partial charge in [0.2, 0.25) is 5.95 Å². The Morgan fingerprint density at radius 3 is 2.75 bits per heavy atom. The summed E-state index contributed by atoms with van der Waals surface area (Å²) in [7, 11) is 0. The van der Waals surface area contributed by atoms with Crippen LogP contribution in [0.15, 0.2) is 6.20 Å². The number of anilines is 1. The number of piperidine rings is 1. The minimum atomic E-state index is 0.118. The highest BCUT2D eigenvalue weighted by atomic mass is 15.3. The van der Waals surface area contributed by atoms with Crippen LogP contribution in [0, 0.1) is 12.8 Å². The summed E-state index contributed by atoms with van der Waals surface area (Å²) in [6.07, 6.45) is 4.55. The lowest BCUT2D eigenvalue weighted by atomic mass is 10.0. The summed E-state index contributed by atoms with van der Waals surface area (Å²) in [6, 6.07) is 0. The van der Waals surface area contributed by atoms with Crippen molar-refractivity contribution in [1.82, 2.24) is 15.3 Å². The van der Waals surface area contributed by atoms with Gasteiger partial charge in [-0.25, -0.2) is 9.97 Å². The average molecular weight is 276 g/mol. The Labute approximate surface area is 123 Å². The van der Waals surface area contributed by atoms with E-state index in [2.05, 4.69) is 49.8 Å². The zero-order valence-corrected chi connectivity index (χ0v) is 13.5. The van der Waals surface area contributed by atoms with Gasteiger partial charge < -0.3 is 10.2 Å². The van der Waals surface area contributed by atoms with Gasteiger partial charge in [0.1, 0.15) is 0 Å². The van der Waals surface area contributed by atoms with Gasteiger partial charge in [0.15, 0.2) is 0 Å². The van der Waals surface area contributed by atoms with Crippen LogP contribution < -0.4 is 10.2 Å². The topological polar surface area (TPSA) is 41.1 Å². The van der Waals surface area contributed by atoms with E-state index in [1.807, 2.05) is 6.20 Å². The van der Waals surface area contributed by atoms with Crippen molar-refractivity contribution in [2.24, 2.45) is 5.92 Å². The third-order valence-corrected chi connectivity index (χ3v) is 3.82. The molecule has 0 aromatic carbocycles. The lowest BCUT2D eigenvalue weighted by molar-refractivity contribution is 0.422. The van der Waals surface area contributed by atoms with Gasteiger partial charge >= 0.3 is 0 Å². The molecule has 0 radical (unpaired) electrons. The summed E-state index contributed by atoms with van der Waals surface area (Å²) in [4.78, 5) is 11.6. The molecule has 1 N–H and O–H groups in total. The first kappa shape index (κ1) is 15.2. The van der Waals surface area contributed by atoms with Crippen molar-refractivity contribution in [3.63, 3.8) is 0 Å². The second-order valence-electron chi connectivity index (χ2n) is 7.08. The summed E-state index contributed by atoms with van der Waals surface area (Å²) in [6.45, 7) is 13.9. The molecule has 1 aliphatic rings. The van der Waals surface area contributed by atoms with Crippen LogP contribution in [0.3, 0.4) is 0 Å². The maximum atomic E-state index is 4.71. The van der Waals surface area contributed by atoms with Gasteiger partial charge in [-0.1, -0.05) is 6.92 Å². The van der Waals surface area contributed by atoms with Crippen molar-refractivity contribution < 1.29 is 0 Å². The van der Waals surface area contributed by atoms with Crippen molar-refractivity contribution in [1.29, 1.82) is 0 Å². The van der Waals surface area contributed by atoms with E-state index in [-0.39, 0.29) is 5.54 Å². The van der Waals surface area contributed by atoms with E-state index in [0.29, 0.717) is 0 Å². The highest BCUT2D eigenvalue weighted by molar-refractivity contribution is 5.33. The lowest BCUT2D eigenvalue weighted by Crippen LogP contribution is -2.36. The van der Waals surface area contributed by atoms with E-state index in [1.54, 1.807) is 0 Å². The molecule has 1 aromatic heterocycles. The standard InChI is InChI=1S/C16H28N4/c1-12-7-6-8-20(11-12)15-17-9-14(13(2)19-15)10-18-16(3,4)5/h9,12,18H,6-8,10-11H2,1-5H3. The summed E-state index contributed by atoms with van der Waals surface area (Å²) in [5.41, 5.74) is 2.40. The van der Waals surface area contributed by atoms with Crippen molar-refractivity contribution >= 4 is 5.95 Å². The number of hydrogen-bond acceptors (Lipinski definition) is 4. The van der Waals surface area contributed by atoms with E-state index in [0.717, 1.165) is 37.2 Å². The van der Waals surface area contributed by atoms with Crippen LogP contribution >= 0.6 is 0 Å². The summed E-state index contributed by atoms with van der Waals surface area (Å²) >= 11 is 0. The van der Waals surface area contributed by atoms with E-state index in [4.69, 9.17) is 4.98 Å². The van der Waals surface area contributed by atoms with Gasteiger partial charge in [0, 0.05) is 42.6 Å². The SMILES string of the molecule is Cc1nc(N2CCCC(C)C2)ncc1CNC(C)(C)C. The van der Waals surface area contributed by atoms with Crippen molar-refractivity contribution in [3.05, 3.63) is 17.5 Å². The van der Waals surface area contributed by atoms with Crippen LogP contribution in [0.5, 0.6) is 0 Å². The average Bonchev–Trinajstić information content (AvgIpc) is 2.36. The van der Waals surface area contributed by atoms with Crippen LogP contribution in [0.4, 0.5) is 5.95 Å². The number of nitrogens with zero attached hydrogens (tertiary/aromatic N) is 3. The number of rotatable bonds is 3. The fourth-order valence-electron chi connectivity index (χ4n) is 2.54. The molecular weight excluding hydrogens is 248 g/mol. The third-order valence-electron chi connectivity index (χ3n) is 3.82. The molecule has 4 nitrogen and oxygen atoms in total. The highest BCUT2D eigenvalue weighted by Crippen LogP contribution is 2.20. The van der Waals surface area contributed by atoms with Crippen LogP contribution in [0.1, 0.15) is 51.8 Å². The van der Waals surface area contributed by atoms with Crippen molar-refractivity contribution in [3.8, 4) is 0 Å². The Balaban J connectivity index is 2.05. The smallest absolute Gasteiger partial charge is 0.225 e. The summed E-state index contributed by atoms with van der Waals surface area (Å²) < 4.78 is 0. The van der Waals surface area contributed by atoms with Gasteiger partial charge in [0.25, 0.3) is 0 Å². The Bertz CT molecular complexity index is 450. The second-order valence-corrected chi connectivity index (χ2v) is 7.08. The fraction of sp³-hybridized carbons (Fsp3) is 0.750. The number of nitrogens with one attached hydrogen (secondary N) is 1. The van der Waals surface area contributed by atoms with Crippen molar-refractivity contribution in [2.75, 3.05) is 18.0 Å².